The van der Waals surface area contributed by atoms with Crippen LogP contribution in [0.5, 0.6) is 0 Å². The number of hydrogen-bond acceptors (Lipinski definition) is 6. The Kier molecular flexibility index (Phi) is 6.37. The van der Waals surface area contributed by atoms with Gasteiger partial charge in [0.25, 0.3) is 11.8 Å². The highest BCUT2D eigenvalue weighted by Gasteiger charge is 2.27. The van der Waals surface area contributed by atoms with E-state index in [9.17, 15) is 18.0 Å². The Morgan fingerprint density at radius 3 is 2.21 bits per heavy atom. The van der Waals surface area contributed by atoms with E-state index >= 15 is 0 Å². The number of sulfonamides is 1. The van der Waals surface area contributed by atoms with E-state index in [1.54, 1.807) is 36.2 Å². The van der Waals surface area contributed by atoms with Gasteiger partial charge in [0, 0.05) is 28.8 Å². The quantitative estimate of drug-likeness (QED) is 0.284. The molecule has 3 aromatic rings. The van der Waals surface area contributed by atoms with Gasteiger partial charge in [-0.15, -0.1) is 11.8 Å². The van der Waals surface area contributed by atoms with Crippen molar-refractivity contribution in [2.45, 2.75) is 16.3 Å². The monoisotopic (exact) mass is 479 g/mol. The van der Waals surface area contributed by atoms with Crippen LogP contribution < -0.4 is 15.8 Å². The maximum atomic E-state index is 12.6. The summed E-state index contributed by atoms with van der Waals surface area (Å²) in [7, 11) is -3.75. The average Bonchev–Trinajstić information content (AvgIpc) is 2.80. The molecule has 1 aliphatic heterocycles. The zero-order valence-corrected chi connectivity index (χ0v) is 19.3. The van der Waals surface area contributed by atoms with Crippen molar-refractivity contribution in [3.63, 3.8) is 0 Å². The van der Waals surface area contributed by atoms with Crippen molar-refractivity contribution < 1.29 is 18.0 Å². The molecule has 0 spiro atoms. The predicted molar refractivity (Wildman–Crippen MR) is 129 cm³/mol. The van der Waals surface area contributed by atoms with Crippen molar-refractivity contribution in [1.82, 2.24) is 10.6 Å². The fourth-order valence-electron chi connectivity index (χ4n) is 3.50. The number of amides is 2. The number of carbonyl (C=O) groups is 2. The third kappa shape index (κ3) is 5.00. The van der Waals surface area contributed by atoms with Crippen LogP contribution in [0.2, 0.25) is 0 Å². The molecule has 0 bridgehead atoms. The molecule has 0 saturated heterocycles. The van der Waals surface area contributed by atoms with Crippen LogP contribution in [0.4, 0.5) is 0 Å². The van der Waals surface area contributed by atoms with E-state index in [0.29, 0.717) is 23.2 Å². The van der Waals surface area contributed by atoms with Crippen LogP contribution in [0, 0.1) is 0 Å². The first-order valence-corrected chi connectivity index (χ1v) is 12.7. The van der Waals surface area contributed by atoms with Gasteiger partial charge in [0.2, 0.25) is 10.0 Å². The van der Waals surface area contributed by atoms with E-state index in [4.69, 9.17) is 5.14 Å². The highest BCUT2D eigenvalue weighted by Crippen LogP contribution is 2.30. The number of thioether (sulfide) groups is 1. The molecule has 4 rings (SSSR count). The average molecular weight is 480 g/mol. The lowest BCUT2D eigenvalue weighted by Crippen LogP contribution is -2.37. The van der Waals surface area contributed by atoms with Gasteiger partial charge in [-0.3, -0.25) is 14.9 Å². The molecule has 0 saturated carbocycles. The molecule has 1 aliphatic rings. The van der Waals surface area contributed by atoms with Crippen molar-refractivity contribution in [3.8, 4) is 11.1 Å². The molecule has 7 nitrogen and oxygen atoms in total. The van der Waals surface area contributed by atoms with Gasteiger partial charge in [0.15, 0.2) is 0 Å². The molecular formula is C24H21N3O4S2. The first-order chi connectivity index (χ1) is 15.8. The molecule has 0 fully saturated rings. The standard InChI is InChI=1S/C24H21N3O4S2/c1-32-18-7-4-16(5-8-18)17-6-11-20-21(12-17)22(24(29)27-23(20)28)14-26-13-15-2-9-19(10-3-15)33(25,30)31/h2-12,14,26H,13H2,1H3,(H2,25,30,31)(H,27,28,29). The Balaban J connectivity index is 1.61. The highest BCUT2D eigenvalue weighted by atomic mass is 32.2. The summed E-state index contributed by atoms with van der Waals surface area (Å²) in [5.41, 5.74) is 3.99. The van der Waals surface area contributed by atoms with Gasteiger partial charge >= 0.3 is 0 Å². The fourth-order valence-corrected chi connectivity index (χ4v) is 4.42. The van der Waals surface area contributed by atoms with Crippen LogP contribution in [0.25, 0.3) is 16.7 Å². The van der Waals surface area contributed by atoms with Gasteiger partial charge in [-0.1, -0.05) is 30.3 Å². The number of nitrogens with one attached hydrogen (secondary N) is 2. The lowest BCUT2D eigenvalue weighted by molar-refractivity contribution is -0.114. The van der Waals surface area contributed by atoms with Crippen LogP contribution in [-0.2, 0) is 21.4 Å². The molecule has 0 aliphatic carbocycles. The Hall–Kier alpha value is -3.40. The van der Waals surface area contributed by atoms with Crippen LogP contribution in [0.1, 0.15) is 21.5 Å². The zero-order valence-electron chi connectivity index (χ0n) is 17.7. The first kappa shape index (κ1) is 22.8. The van der Waals surface area contributed by atoms with E-state index in [-0.39, 0.29) is 4.90 Å². The molecule has 2 amide bonds. The minimum atomic E-state index is -3.75. The lowest BCUT2D eigenvalue weighted by Gasteiger charge is -2.19. The summed E-state index contributed by atoms with van der Waals surface area (Å²) in [6, 6.07) is 19.6. The topological polar surface area (TPSA) is 118 Å². The second-order valence-corrected chi connectivity index (χ2v) is 9.84. The van der Waals surface area contributed by atoms with E-state index in [2.05, 4.69) is 10.6 Å². The van der Waals surface area contributed by atoms with Crippen LogP contribution in [-0.4, -0.2) is 26.5 Å². The highest BCUT2D eigenvalue weighted by molar-refractivity contribution is 7.98. The Morgan fingerprint density at radius 2 is 1.58 bits per heavy atom. The molecule has 33 heavy (non-hydrogen) atoms. The van der Waals surface area contributed by atoms with Gasteiger partial charge in [0.05, 0.1) is 10.5 Å². The SMILES string of the molecule is CSc1ccc(-c2ccc3c(c2)C(=CNCc2ccc(S(N)(=O)=O)cc2)C(=O)NC3=O)cc1. The lowest BCUT2D eigenvalue weighted by atomic mass is 9.91. The second kappa shape index (κ2) is 9.22. The fraction of sp³-hybridized carbons (Fsp3) is 0.0833. The Morgan fingerprint density at radius 1 is 0.909 bits per heavy atom. The number of rotatable bonds is 6. The second-order valence-electron chi connectivity index (χ2n) is 7.40. The van der Waals surface area contributed by atoms with Crippen LogP contribution in [0.15, 0.2) is 82.7 Å². The number of carbonyl (C=O) groups excluding carboxylic acids is 2. The number of imide groups is 1. The molecule has 0 atom stereocenters. The van der Waals surface area contributed by atoms with Crippen molar-refractivity contribution in [2.75, 3.05) is 6.26 Å². The minimum Gasteiger partial charge on any atom is -0.386 e. The van der Waals surface area contributed by atoms with Gasteiger partial charge in [0.1, 0.15) is 0 Å². The molecular weight excluding hydrogens is 458 g/mol. The van der Waals surface area contributed by atoms with E-state index in [0.717, 1.165) is 21.6 Å². The van der Waals surface area contributed by atoms with Crippen molar-refractivity contribution in [3.05, 3.63) is 89.6 Å². The van der Waals surface area contributed by atoms with Crippen molar-refractivity contribution >= 4 is 39.2 Å². The summed E-state index contributed by atoms with van der Waals surface area (Å²) in [4.78, 5) is 26.1. The number of fused-ring (bicyclic) bond motifs is 1. The third-order valence-corrected chi connectivity index (χ3v) is 6.93. The summed E-state index contributed by atoms with van der Waals surface area (Å²) in [5, 5.41) is 10.6. The molecule has 9 heteroatoms. The molecule has 0 unspecified atom stereocenters. The van der Waals surface area contributed by atoms with Gasteiger partial charge in [-0.25, -0.2) is 13.6 Å². The van der Waals surface area contributed by atoms with Gasteiger partial charge < -0.3 is 5.32 Å². The number of nitrogens with two attached hydrogens (primary N) is 1. The Labute approximate surface area is 196 Å². The maximum absolute atomic E-state index is 12.6. The molecule has 3 aromatic carbocycles. The summed E-state index contributed by atoms with van der Waals surface area (Å²) in [5.74, 6) is -0.922. The summed E-state index contributed by atoms with van der Waals surface area (Å²) in [6.45, 7) is 0.348. The smallest absolute Gasteiger partial charge is 0.260 e. The van der Waals surface area contributed by atoms with Gasteiger partial charge in [-0.05, 0) is 59.3 Å². The predicted octanol–water partition coefficient (Wildman–Crippen LogP) is 3.12. The van der Waals surface area contributed by atoms with E-state index in [1.165, 1.54) is 12.1 Å². The molecule has 4 N–H and O–H groups in total. The Bertz CT molecular complexity index is 1360. The van der Waals surface area contributed by atoms with Crippen LogP contribution >= 0.6 is 11.8 Å². The van der Waals surface area contributed by atoms with Crippen molar-refractivity contribution in [1.29, 1.82) is 0 Å². The van der Waals surface area contributed by atoms with Crippen LogP contribution in [0.3, 0.4) is 0 Å². The number of benzene rings is 3. The normalized spacial score (nSPS) is 14.7. The summed E-state index contributed by atoms with van der Waals surface area (Å²) in [6.07, 6.45) is 3.57. The van der Waals surface area contributed by atoms with E-state index < -0.39 is 21.8 Å². The first-order valence-electron chi connectivity index (χ1n) is 9.96. The van der Waals surface area contributed by atoms with Gasteiger partial charge in [-0.2, -0.15) is 0 Å². The number of primary sulfonamides is 1. The summed E-state index contributed by atoms with van der Waals surface area (Å²) >= 11 is 1.65. The molecule has 0 aromatic heterocycles. The van der Waals surface area contributed by atoms with Crippen molar-refractivity contribution in [2.24, 2.45) is 5.14 Å². The summed E-state index contributed by atoms with van der Waals surface area (Å²) < 4.78 is 22.8. The zero-order chi connectivity index (χ0) is 23.6. The molecule has 0 radical (unpaired) electrons. The molecule has 168 valence electrons. The molecule has 1 heterocycles. The third-order valence-electron chi connectivity index (χ3n) is 5.25. The maximum Gasteiger partial charge on any atom is 0.260 e. The van der Waals surface area contributed by atoms with E-state index in [1.807, 2.05) is 42.7 Å². The largest absolute Gasteiger partial charge is 0.386 e. The number of hydrogen-bond donors (Lipinski definition) is 3. The minimum absolute atomic E-state index is 0.0294.